The molecule has 4 aromatic rings. The minimum Gasteiger partial charge on any atom is -0.477 e. The maximum Gasteiger partial charge on any atom is 0.341 e. The maximum absolute atomic E-state index is 15.4. The van der Waals surface area contributed by atoms with Crippen LogP contribution in [0.2, 0.25) is 0 Å². The van der Waals surface area contributed by atoms with Crippen molar-refractivity contribution in [3.8, 4) is 22.3 Å². The fraction of sp³-hybridized carbons (Fsp3) is 0.323. The Bertz CT molecular complexity index is 1950. The Morgan fingerprint density at radius 3 is 2.74 bits per heavy atom. The molecule has 3 aromatic heterocycles. The van der Waals surface area contributed by atoms with E-state index in [2.05, 4.69) is 32.0 Å². The highest BCUT2D eigenvalue weighted by Gasteiger charge is 2.43. The Morgan fingerprint density at radius 2 is 2.00 bits per heavy atom. The second-order valence-electron chi connectivity index (χ2n) is 11.4. The third-order valence-electron chi connectivity index (χ3n) is 9.04. The molecule has 0 amide bonds. The van der Waals surface area contributed by atoms with Crippen LogP contribution in [0.25, 0.3) is 38.1 Å². The highest BCUT2D eigenvalue weighted by molar-refractivity contribution is 6.02. The van der Waals surface area contributed by atoms with Gasteiger partial charge in [-0.25, -0.2) is 19.0 Å². The average molecular weight is 566 g/mol. The molecule has 2 aliphatic heterocycles. The summed E-state index contributed by atoms with van der Waals surface area (Å²) in [5.74, 6) is -1.43. The second-order valence-corrected chi connectivity index (χ2v) is 11.4. The van der Waals surface area contributed by atoms with Gasteiger partial charge >= 0.3 is 5.97 Å². The van der Waals surface area contributed by atoms with Crippen molar-refractivity contribution in [3.63, 3.8) is 0 Å². The van der Waals surface area contributed by atoms with Crippen LogP contribution in [0.15, 0.2) is 35.5 Å². The van der Waals surface area contributed by atoms with Gasteiger partial charge in [0.2, 0.25) is 11.1 Å². The number of carboxylic acids is 1. The number of anilines is 2. The molecule has 0 radical (unpaired) electrons. The van der Waals surface area contributed by atoms with Crippen LogP contribution in [0.3, 0.4) is 0 Å². The normalized spacial score (nSPS) is 19.1. The molecule has 1 aliphatic carbocycles. The highest BCUT2D eigenvalue weighted by atomic mass is 19.1. The van der Waals surface area contributed by atoms with E-state index in [0.29, 0.717) is 40.4 Å². The van der Waals surface area contributed by atoms with Crippen LogP contribution in [0.1, 0.15) is 28.0 Å². The number of benzene rings is 1. The number of nitrogens with one attached hydrogen (secondary N) is 1. The molecule has 10 nitrogen and oxygen atoms in total. The molecule has 11 heteroatoms. The van der Waals surface area contributed by atoms with Crippen molar-refractivity contribution in [2.24, 2.45) is 13.0 Å². The third kappa shape index (κ3) is 3.65. The fourth-order valence-corrected chi connectivity index (χ4v) is 7.19. The number of nitrogens with zero attached hydrogens (tertiary/aromatic N) is 6. The summed E-state index contributed by atoms with van der Waals surface area (Å²) in [5.41, 5.74) is 5.08. The molecule has 2 N–H and O–H groups in total. The Kier molecular flexibility index (Phi) is 5.81. The summed E-state index contributed by atoms with van der Waals surface area (Å²) in [7, 11) is 5.50. The number of likely N-dealkylation sites (N-methyl/N-ethyl adjacent to an activating group) is 1. The van der Waals surface area contributed by atoms with Crippen molar-refractivity contribution in [3.05, 3.63) is 75.0 Å². The average Bonchev–Trinajstić information content (AvgIpc) is 3.66. The van der Waals surface area contributed by atoms with Crippen LogP contribution in [0.4, 0.5) is 21.5 Å². The molecule has 2 fully saturated rings. The molecule has 1 aromatic carbocycles. The van der Waals surface area contributed by atoms with E-state index in [9.17, 15) is 14.7 Å². The third-order valence-corrected chi connectivity index (χ3v) is 9.04. The zero-order valence-corrected chi connectivity index (χ0v) is 23.4. The molecular weight excluding hydrogens is 537 g/mol. The molecule has 0 spiro atoms. The number of aromatic carboxylic acids is 1. The summed E-state index contributed by atoms with van der Waals surface area (Å²) in [4.78, 5) is 42.8. The Balaban J connectivity index is 1.54. The molecular formula is C31H28FN7O3. The molecule has 2 atom stereocenters. The number of rotatable bonds is 4. The number of pyridine rings is 3. The highest BCUT2D eigenvalue weighted by Crippen LogP contribution is 2.54. The first kappa shape index (κ1) is 26.1. The van der Waals surface area contributed by atoms with Crippen LogP contribution in [-0.2, 0) is 13.5 Å². The molecule has 212 valence electrons. The number of carbonyl (C=O) groups is 1. The Labute approximate surface area is 240 Å². The van der Waals surface area contributed by atoms with Crippen molar-refractivity contribution >= 4 is 34.1 Å². The van der Waals surface area contributed by atoms with Crippen molar-refractivity contribution < 1.29 is 14.3 Å². The second kappa shape index (κ2) is 9.36. The Morgan fingerprint density at radius 1 is 1.19 bits per heavy atom. The zero-order chi connectivity index (χ0) is 29.4. The first-order valence-corrected chi connectivity index (χ1v) is 13.8. The first-order valence-electron chi connectivity index (χ1n) is 13.8. The number of likely N-dealkylation sites (tertiary alicyclic amines) is 1. The smallest absolute Gasteiger partial charge is 0.341 e. The van der Waals surface area contributed by atoms with Gasteiger partial charge in [0.25, 0.3) is 0 Å². The van der Waals surface area contributed by atoms with E-state index >= 15 is 4.39 Å². The van der Waals surface area contributed by atoms with Gasteiger partial charge in [-0.05, 0) is 37.1 Å². The van der Waals surface area contributed by atoms with E-state index < -0.39 is 17.2 Å². The van der Waals surface area contributed by atoms with E-state index in [0.717, 1.165) is 48.6 Å². The van der Waals surface area contributed by atoms with Gasteiger partial charge in [-0.2, -0.15) is 0 Å². The van der Waals surface area contributed by atoms with Gasteiger partial charge in [0.15, 0.2) is 0 Å². The number of aryl methyl sites for hydroxylation is 1. The lowest BCUT2D eigenvalue weighted by Gasteiger charge is -2.31. The molecule has 0 unspecified atom stereocenters. The summed E-state index contributed by atoms with van der Waals surface area (Å²) in [6.45, 7) is 10.5. The predicted octanol–water partition coefficient (Wildman–Crippen LogP) is 4.14. The summed E-state index contributed by atoms with van der Waals surface area (Å²) in [6, 6.07) is 3.27. The number of fused-ring (bicyclic) bond motifs is 5. The number of aromatic nitrogens is 3. The van der Waals surface area contributed by atoms with Crippen molar-refractivity contribution in [2.75, 3.05) is 43.9 Å². The maximum atomic E-state index is 15.4. The fourth-order valence-electron chi connectivity index (χ4n) is 7.19. The number of hydrogen-bond acceptors (Lipinski definition) is 7. The van der Waals surface area contributed by atoms with Crippen LogP contribution in [0, 0.1) is 18.3 Å². The van der Waals surface area contributed by atoms with E-state index in [1.165, 1.54) is 16.8 Å². The van der Waals surface area contributed by atoms with Crippen molar-refractivity contribution in [2.45, 2.75) is 18.9 Å². The zero-order valence-electron chi connectivity index (χ0n) is 23.4. The monoisotopic (exact) mass is 565 g/mol. The lowest BCUT2D eigenvalue weighted by Crippen LogP contribution is -2.35. The number of carboxylic acid groups (broad SMARTS) is 1. The molecule has 5 heterocycles. The number of halogens is 1. The summed E-state index contributed by atoms with van der Waals surface area (Å²) in [6.07, 6.45) is 6.17. The molecule has 0 bridgehead atoms. The lowest BCUT2D eigenvalue weighted by atomic mass is 9.95. The SMILES string of the molecule is [C-]#[N+]c1c(F)cc(NC)c2c1-c1c(ncc(-c3cnc4c(c3)c(=O)c(C(=O)O)cn4C)c1N1CC[C@H]3CN(C)C[C@H]31)C2. The van der Waals surface area contributed by atoms with Crippen molar-refractivity contribution in [1.82, 2.24) is 19.4 Å². The molecule has 0 saturated carbocycles. The minimum absolute atomic E-state index is 0.0288. The van der Waals surface area contributed by atoms with E-state index in [1.54, 1.807) is 32.6 Å². The first-order chi connectivity index (χ1) is 20.2. The molecule has 42 heavy (non-hydrogen) atoms. The van der Waals surface area contributed by atoms with Gasteiger partial charge < -0.3 is 24.8 Å². The number of hydrogen-bond donors (Lipinski definition) is 2. The van der Waals surface area contributed by atoms with Crippen LogP contribution < -0.4 is 15.6 Å². The van der Waals surface area contributed by atoms with Gasteiger partial charge in [0, 0.05) is 92.7 Å². The summed E-state index contributed by atoms with van der Waals surface area (Å²) >= 11 is 0. The lowest BCUT2D eigenvalue weighted by molar-refractivity contribution is 0.0695. The molecule has 3 aliphatic rings. The van der Waals surface area contributed by atoms with Crippen LogP contribution in [-0.4, -0.2) is 70.3 Å². The van der Waals surface area contributed by atoms with Gasteiger partial charge in [-0.3, -0.25) is 9.78 Å². The van der Waals surface area contributed by atoms with Crippen LogP contribution >= 0.6 is 0 Å². The minimum atomic E-state index is -1.30. The van der Waals surface area contributed by atoms with Crippen LogP contribution in [0.5, 0.6) is 0 Å². The topological polar surface area (TPSA) is 108 Å². The molecule has 2 saturated heterocycles. The van der Waals surface area contributed by atoms with Gasteiger partial charge in [-0.15, -0.1) is 0 Å². The van der Waals surface area contributed by atoms with Gasteiger partial charge in [-0.1, -0.05) is 0 Å². The van der Waals surface area contributed by atoms with E-state index in [-0.39, 0.29) is 22.7 Å². The summed E-state index contributed by atoms with van der Waals surface area (Å²) < 4.78 is 16.9. The quantitative estimate of drug-likeness (QED) is 0.313. The van der Waals surface area contributed by atoms with Gasteiger partial charge in [0.1, 0.15) is 17.0 Å². The van der Waals surface area contributed by atoms with Gasteiger partial charge in [0.05, 0.1) is 23.3 Å². The van der Waals surface area contributed by atoms with E-state index in [4.69, 9.17) is 11.6 Å². The van der Waals surface area contributed by atoms with Crippen molar-refractivity contribution in [1.29, 1.82) is 0 Å². The van der Waals surface area contributed by atoms with E-state index in [1.807, 2.05) is 0 Å². The predicted molar refractivity (Wildman–Crippen MR) is 158 cm³/mol. The molecule has 7 rings (SSSR count). The largest absolute Gasteiger partial charge is 0.477 e. The Hall–Kier alpha value is -4.82. The summed E-state index contributed by atoms with van der Waals surface area (Å²) in [5, 5.41) is 12.9. The standard InChI is InChI=1S/C31H28FN7O3/c1-33-22-9-21(32)27(34-2)25-17(22)8-23-26(25)28(39-6-5-15-12-37(3)14-24(15)39)19(11-35-23)16-7-18-29(40)20(31(41)42)13-38(4)30(18)36-10-16/h7,9-11,13,15,24,33H,5-6,8,12,14H2,1,3-4H3,(H,41,42)/t15-,24+/m0/s1.